The lowest BCUT2D eigenvalue weighted by Gasteiger charge is -2.43. The number of hydrogen-bond donors (Lipinski definition) is 0. The maximum absolute atomic E-state index is 12.3. The van der Waals surface area contributed by atoms with Gasteiger partial charge in [-0.05, 0) is 5.92 Å². The summed E-state index contributed by atoms with van der Waals surface area (Å²) in [7, 11) is 4.90. The van der Waals surface area contributed by atoms with Crippen molar-refractivity contribution in [1.82, 2.24) is 0 Å². The Morgan fingerprint density at radius 2 is 1.45 bits per heavy atom. The minimum absolute atomic E-state index is 0.107. The number of esters is 4. The van der Waals surface area contributed by atoms with Gasteiger partial charge in [-0.25, -0.2) is 4.79 Å². The molecule has 0 saturated carbocycles. The van der Waals surface area contributed by atoms with Gasteiger partial charge in [0.2, 0.25) is 0 Å². The number of hydrogen-bond acceptors (Lipinski definition) is 10. The average molecular weight is 444 g/mol. The van der Waals surface area contributed by atoms with Gasteiger partial charge < -0.3 is 32.9 Å². The topological polar surface area (TPSA) is 124 Å². The number of nitrogens with zero attached hydrogens (tertiary/aromatic N) is 1. The van der Waals surface area contributed by atoms with Gasteiger partial charge >= 0.3 is 23.9 Å². The highest BCUT2D eigenvalue weighted by atomic mass is 16.7. The number of terminal acetylenes is 1. The van der Waals surface area contributed by atoms with E-state index < -0.39 is 54.6 Å². The lowest BCUT2D eigenvalue weighted by Crippen LogP contribution is -2.64. The third-order valence-corrected chi connectivity index (χ3v) is 4.33. The largest absolute Gasteiger partial charge is 0.467 e. The molecule has 0 N–H and O–H groups in total. The quantitative estimate of drug-likeness (QED) is 0.197. The predicted octanol–water partition coefficient (Wildman–Crippen LogP) is -0.594. The molecule has 11 heteroatoms. The highest BCUT2D eigenvalue weighted by Crippen LogP contribution is 2.30. The molecule has 0 aliphatic carbocycles. The van der Waals surface area contributed by atoms with Crippen LogP contribution in [0.1, 0.15) is 20.8 Å². The van der Waals surface area contributed by atoms with Crippen molar-refractivity contribution >= 4 is 23.9 Å². The molecule has 1 heterocycles. The fourth-order valence-electron chi connectivity index (χ4n) is 2.96. The van der Waals surface area contributed by atoms with Crippen LogP contribution >= 0.6 is 0 Å². The Kier molecular flexibility index (Phi) is 9.90. The Labute approximate surface area is 181 Å². The van der Waals surface area contributed by atoms with Gasteiger partial charge in [-0.15, -0.1) is 6.42 Å². The fourth-order valence-corrected chi connectivity index (χ4v) is 2.96. The Morgan fingerprint density at radius 1 is 0.935 bits per heavy atom. The molecule has 0 aromatic heterocycles. The number of methoxy groups -OCH3 is 1. The van der Waals surface area contributed by atoms with Gasteiger partial charge in [-0.3, -0.25) is 14.4 Å². The van der Waals surface area contributed by atoms with Crippen LogP contribution in [0.4, 0.5) is 0 Å². The normalized spacial score (nSPS) is 25.6. The van der Waals surface area contributed by atoms with Crippen LogP contribution in [-0.2, 0) is 47.6 Å². The molecule has 174 valence electrons. The molecule has 1 rings (SSSR count). The molecule has 1 aliphatic rings. The molecule has 0 bridgehead atoms. The molecule has 5 atom stereocenters. The van der Waals surface area contributed by atoms with E-state index in [-0.39, 0.29) is 6.61 Å². The van der Waals surface area contributed by atoms with Crippen LogP contribution in [0.25, 0.3) is 0 Å². The monoisotopic (exact) mass is 444 g/mol. The number of ether oxygens (including phenoxy) is 6. The summed E-state index contributed by atoms with van der Waals surface area (Å²) in [6, 6.07) is 0. The van der Waals surface area contributed by atoms with Crippen molar-refractivity contribution in [1.29, 1.82) is 0 Å². The van der Waals surface area contributed by atoms with E-state index >= 15 is 0 Å². The van der Waals surface area contributed by atoms with Gasteiger partial charge in [0, 0.05) is 20.8 Å². The zero-order valence-corrected chi connectivity index (χ0v) is 18.6. The first-order valence-corrected chi connectivity index (χ1v) is 9.54. The van der Waals surface area contributed by atoms with E-state index in [4.69, 9.17) is 34.8 Å². The average Bonchev–Trinajstić information content (AvgIpc) is 2.63. The smallest absolute Gasteiger partial charge is 0.339 e. The first kappa shape index (κ1) is 26.4. The molecule has 0 unspecified atom stereocenters. The molecule has 31 heavy (non-hydrogen) atoms. The molecule has 0 aromatic rings. The third kappa shape index (κ3) is 8.16. The summed E-state index contributed by atoms with van der Waals surface area (Å²) in [6.45, 7) is 4.38. The van der Waals surface area contributed by atoms with Crippen molar-refractivity contribution in [3.8, 4) is 12.3 Å². The van der Waals surface area contributed by atoms with Crippen molar-refractivity contribution in [2.45, 2.75) is 51.5 Å². The van der Waals surface area contributed by atoms with Gasteiger partial charge in [0.15, 0.2) is 30.7 Å². The lowest BCUT2D eigenvalue weighted by molar-refractivity contribution is -0.883. The molecule has 0 radical (unpaired) electrons. The van der Waals surface area contributed by atoms with E-state index in [9.17, 15) is 19.2 Å². The summed E-state index contributed by atoms with van der Waals surface area (Å²) < 4.78 is 32.3. The van der Waals surface area contributed by atoms with E-state index in [0.29, 0.717) is 17.6 Å². The lowest BCUT2D eigenvalue weighted by atomic mass is 9.97. The molecule has 1 saturated heterocycles. The van der Waals surface area contributed by atoms with Gasteiger partial charge in [-0.2, -0.15) is 0 Å². The van der Waals surface area contributed by atoms with Crippen LogP contribution in [0, 0.1) is 12.3 Å². The Bertz CT molecular complexity index is 713. The van der Waals surface area contributed by atoms with Gasteiger partial charge in [0.05, 0.1) is 27.8 Å². The second kappa shape index (κ2) is 11.6. The molecule has 0 spiro atoms. The highest BCUT2D eigenvalue weighted by Gasteiger charge is 2.55. The molecule has 1 fully saturated rings. The van der Waals surface area contributed by atoms with Crippen molar-refractivity contribution in [3.63, 3.8) is 0 Å². The highest BCUT2D eigenvalue weighted by molar-refractivity contribution is 5.77. The number of quaternary nitrogens is 1. The summed E-state index contributed by atoms with van der Waals surface area (Å²) in [5, 5.41) is 0. The summed E-state index contributed by atoms with van der Waals surface area (Å²) in [5.74, 6) is -0.570. The number of carbonyl (C=O) groups excluding carboxylic acids is 4. The second-order valence-electron chi connectivity index (χ2n) is 7.56. The van der Waals surface area contributed by atoms with Gasteiger partial charge in [0.25, 0.3) is 0 Å². The van der Waals surface area contributed by atoms with Crippen LogP contribution < -0.4 is 0 Å². The van der Waals surface area contributed by atoms with E-state index in [2.05, 4.69) is 5.92 Å². The van der Waals surface area contributed by atoms with E-state index in [1.807, 2.05) is 14.1 Å². The third-order valence-electron chi connectivity index (χ3n) is 4.33. The molecular formula is C20H30NO10+. The molecular weight excluding hydrogens is 414 g/mol. The summed E-state index contributed by atoms with van der Waals surface area (Å²) in [6.07, 6.45) is -1.54. The first-order valence-electron chi connectivity index (χ1n) is 9.54. The van der Waals surface area contributed by atoms with Crippen molar-refractivity contribution < 1.29 is 52.1 Å². The summed E-state index contributed by atoms with van der Waals surface area (Å²) in [5.41, 5.74) is 0. The van der Waals surface area contributed by atoms with Crippen LogP contribution in [-0.4, -0.2) is 100.0 Å². The van der Waals surface area contributed by atoms with E-state index in [1.54, 1.807) is 0 Å². The standard InChI is InChI=1S/C20H30NO10/c1-8-9-21(5,6)10-11-27-20-18(30-14(4)24)16(29-13(3)23)15(28-12(2)22)17(31-20)19(25)26-7/h1,15-18,20H,9-11H2,2-7H3/q+1/t15-,16-,17-,18+,20+/m0/s1. The molecule has 0 aromatic carbocycles. The maximum atomic E-state index is 12.3. The zero-order chi connectivity index (χ0) is 23.8. The van der Waals surface area contributed by atoms with Crippen LogP contribution in [0.15, 0.2) is 0 Å². The molecule has 1 aliphatic heterocycles. The number of likely N-dealkylation sites (N-methyl/N-ethyl adjacent to an activating group) is 1. The van der Waals surface area contributed by atoms with Crippen LogP contribution in [0.2, 0.25) is 0 Å². The summed E-state index contributed by atoms with van der Waals surface area (Å²) in [4.78, 5) is 47.4. The van der Waals surface area contributed by atoms with Crippen molar-refractivity contribution in [3.05, 3.63) is 0 Å². The summed E-state index contributed by atoms with van der Waals surface area (Å²) >= 11 is 0. The second-order valence-corrected chi connectivity index (χ2v) is 7.56. The van der Waals surface area contributed by atoms with Crippen LogP contribution in [0.3, 0.4) is 0 Å². The Morgan fingerprint density at radius 3 is 1.94 bits per heavy atom. The van der Waals surface area contributed by atoms with E-state index in [1.165, 1.54) is 0 Å². The number of rotatable bonds is 9. The molecule has 11 nitrogen and oxygen atoms in total. The van der Waals surface area contributed by atoms with Crippen molar-refractivity contribution in [2.75, 3.05) is 40.9 Å². The first-order chi connectivity index (χ1) is 14.4. The van der Waals surface area contributed by atoms with Crippen molar-refractivity contribution in [2.24, 2.45) is 0 Å². The predicted molar refractivity (Wildman–Crippen MR) is 104 cm³/mol. The minimum atomic E-state index is -1.48. The van der Waals surface area contributed by atoms with Crippen LogP contribution in [0.5, 0.6) is 0 Å². The fraction of sp³-hybridized carbons (Fsp3) is 0.700. The van der Waals surface area contributed by atoms with Gasteiger partial charge in [0.1, 0.15) is 13.1 Å². The Hall–Kier alpha value is -2.68. The maximum Gasteiger partial charge on any atom is 0.339 e. The SMILES string of the molecule is C#CC[N+](C)(C)CCO[C@@H]1O[C@H](C(=O)OC)[C@@H](OC(C)=O)[C@H](OC(C)=O)[C@H]1OC(C)=O. The minimum Gasteiger partial charge on any atom is -0.467 e. The van der Waals surface area contributed by atoms with Gasteiger partial charge in [-0.1, -0.05) is 0 Å². The number of carbonyl (C=O) groups is 4. The van der Waals surface area contributed by atoms with E-state index in [0.717, 1.165) is 27.9 Å². The zero-order valence-electron chi connectivity index (χ0n) is 18.6. The molecule has 0 amide bonds. The Balaban J connectivity index is 3.24.